The molecule has 0 heterocycles. The maximum absolute atomic E-state index is 13.3. The summed E-state index contributed by atoms with van der Waals surface area (Å²) in [6.45, 7) is 0. The average molecular weight is 337 g/mol. The summed E-state index contributed by atoms with van der Waals surface area (Å²) in [5, 5.41) is 4.62. The van der Waals surface area contributed by atoms with Crippen LogP contribution >= 0.6 is 15.9 Å². The third-order valence-electron chi connectivity index (χ3n) is 2.43. The van der Waals surface area contributed by atoms with Crippen LogP contribution in [-0.4, -0.2) is 11.8 Å². The highest BCUT2D eigenvalue weighted by Crippen LogP contribution is 2.15. The Bertz CT molecular complexity index is 644. The third kappa shape index (κ3) is 3.64. The molecule has 6 heteroatoms. The summed E-state index contributed by atoms with van der Waals surface area (Å²) in [5.74, 6) is -2.40. The van der Waals surface area contributed by atoms with Crippen LogP contribution in [0.3, 0.4) is 0 Å². The molecule has 0 aliphatic heterocycles. The molecule has 0 aliphatic carbocycles. The van der Waals surface area contributed by atoms with Crippen LogP contribution < -0.4 is 10.6 Å². The second-order valence-electron chi connectivity index (χ2n) is 3.89. The van der Waals surface area contributed by atoms with Gasteiger partial charge in [0.15, 0.2) is 0 Å². The number of hydrogen-bond donors (Lipinski definition) is 2. The van der Waals surface area contributed by atoms with Crippen LogP contribution in [0.25, 0.3) is 0 Å². The normalized spacial score (nSPS) is 9.90. The van der Waals surface area contributed by atoms with Crippen molar-refractivity contribution in [1.82, 2.24) is 0 Å². The van der Waals surface area contributed by atoms with E-state index in [0.29, 0.717) is 5.69 Å². The summed E-state index contributed by atoms with van der Waals surface area (Å²) < 4.78 is 14.2. The van der Waals surface area contributed by atoms with E-state index in [9.17, 15) is 14.0 Å². The zero-order valence-corrected chi connectivity index (χ0v) is 11.8. The number of carbonyl (C=O) groups is 2. The molecule has 2 amide bonds. The van der Waals surface area contributed by atoms with Gasteiger partial charge in [0.05, 0.1) is 5.69 Å². The summed E-state index contributed by atoms with van der Waals surface area (Å²) in [4.78, 5) is 23.3. The van der Waals surface area contributed by atoms with E-state index in [1.807, 2.05) is 0 Å². The highest BCUT2D eigenvalue weighted by atomic mass is 79.9. The molecule has 2 N–H and O–H groups in total. The van der Waals surface area contributed by atoms with E-state index in [1.165, 1.54) is 18.2 Å². The smallest absolute Gasteiger partial charge is 0.314 e. The number of halogens is 2. The molecule has 0 saturated carbocycles. The maximum Gasteiger partial charge on any atom is 0.314 e. The summed E-state index contributed by atoms with van der Waals surface area (Å²) in [6, 6.07) is 12.4. The Labute approximate surface area is 123 Å². The number of carbonyl (C=O) groups excluding carboxylic acids is 2. The Morgan fingerprint density at radius 1 is 0.900 bits per heavy atom. The van der Waals surface area contributed by atoms with Crippen LogP contribution in [0.15, 0.2) is 53.0 Å². The second kappa shape index (κ2) is 6.29. The highest BCUT2D eigenvalue weighted by molar-refractivity contribution is 9.10. The van der Waals surface area contributed by atoms with Crippen LogP contribution in [0.1, 0.15) is 0 Å². The van der Waals surface area contributed by atoms with Crippen molar-refractivity contribution in [2.24, 2.45) is 0 Å². The largest absolute Gasteiger partial charge is 0.318 e. The van der Waals surface area contributed by atoms with Crippen LogP contribution in [0.5, 0.6) is 0 Å². The molecule has 2 aromatic rings. The molecular weight excluding hydrogens is 327 g/mol. The van der Waals surface area contributed by atoms with Crippen molar-refractivity contribution >= 4 is 39.1 Å². The van der Waals surface area contributed by atoms with Gasteiger partial charge in [0, 0.05) is 10.2 Å². The molecule has 0 atom stereocenters. The number of benzene rings is 2. The van der Waals surface area contributed by atoms with Crippen molar-refractivity contribution in [1.29, 1.82) is 0 Å². The van der Waals surface area contributed by atoms with Crippen molar-refractivity contribution in [3.63, 3.8) is 0 Å². The Kier molecular flexibility index (Phi) is 4.47. The summed E-state index contributed by atoms with van der Waals surface area (Å²) >= 11 is 3.26. The van der Waals surface area contributed by atoms with Gasteiger partial charge in [-0.1, -0.05) is 28.1 Å². The van der Waals surface area contributed by atoms with Gasteiger partial charge in [0.1, 0.15) is 5.82 Å². The molecule has 0 radical (unpaired) electrons. The van der Waals surface area contributed by atoms with Crippen LogP contribution in [0.2, 0.25) is 0 Å². The van der Waals surface area contributed by atoms with Gasteiger partial charge in [-0.05, 0) is 36.4 Å². The lowest BCUT2D eigenvalue weighted by Crippen LogP contribution is -2.29. The van der Waals surface area contributed by atoms with Gasteiger partial charge in [-0.3, -0.25) is 9.59 Å². The predicted molar refractivity (Wildman–Crippen MR) is 77.8 cm³/mol. The van der Waals surface area contributed by atoms with E-state index >= 15 is 0 Å². The molecule has 4 nitrogen and oxygen atoms in total. The summed E-state index contributed by atoms with van der Waals surface area (Å²) in [7, 11) is 0. The molecule has 0 saturated heterocycles. The number of hydrogen-bond acceptors (Lipinski definition) is 2. The lowest BCUT2D eigenvalue weighted by atomic mass is 10.3. The standard InChI is InChI=1S/C14H10BrFN2O2/c15-9-5-7-10(8-6-9)17-13(19)14(20)18-12-4-2-1-3-11(12)16/h1-8H,(H,17,19)(H,18,20). The first-order valence-corrected chi connectivity index (χ1v) is 6.48. The van der Waals surface area contributed by atoms with Gasteiger partial charge in [-0.25, -0.2) is 4.39 Å². The molecule has 0 fully saturated rings. The minimum Gasteiger partial charge on any atom is -0.318 e. The van der Waals surface area contributed by atoms with Crippen molar-refractivity contribution in [2.75, 3.05) is 10.6 Å². The molecule has 0 aromatic heterocycles. The van der Waals surface area contributed by atoms with Gasteiger partial charge in [0.2, 0.25) is 0 Å². The number of para-hydroxylation sites is 1. The number of rotatable bonds is 2. The molecule has 102 valence electrons. The topological polar surface area (TPSA) is 58.2 Å². The predicted octanol–water partition coefficient (Wildman–Crippen LogP) is 3.17. The fraction of sp³-hybridized carbons (Fsp3) is 0. The van der Waals surface area contributed by atoms with Crippen molar-refractivity contribution in [3.8, 4) is 0 Å². The summed E-state index contributed by atoms with van der Waals surface area (Å²) in [5.41, 5.74) is 0.435. The molecule has 0 unspecified atom stereocenters. The van der Waals surface area contributed by atoms with Gasteiger partial charge in [-0.2, -0.15) is 0 Å². The van der Waals surface area contributed by atoms with Crippen LogP contribution in [-0.2, 0) is 9.59 Å². The minimum atomic E-state index is -0.932. The quantitative estimate of drug-likeness (QED) is 0.827. The van der Waals surface area contributed by atoms with Gasteiger partial charge in [0.25, 0.3) is 0 Å². The zero-order chi connectivity index (χ0) is 14.5. The van der Waals surface area contributed by atoms with Crippen molar-refractivity contribution < 1.29 is 14.0 Å². The lowest BCUT2D eigenvalue weighted by Gasteiger charge is -2.07. The fourth-order valence-electron chi connectivity index (χ4n) is 1.46. The molecular formula is C14H10BrFN2O2. The molecule has 0 aliphatic rings. The van der Waals surface area contributed by atoms with Gasteiger partial charge >= 0.3 is 11.8 Å². The van der Waals surface area contributed by atoms with Crippen LogP contribution in [0.4, 0.5) is 15.8 Å². The second-order valence-corrected chi connectivity index (χ2v) is 4.81. The van der Waals surface area contributed by atoms with E-state index in [4.69, 9.17) is 0 Å². The van der Waals surface area contributed by atoms with Crippen LogP contribution in [0, 0.1) is 5.82 Å². The van der Waals surface area contributed by atoms with Gasteiger partial charge < -0.3 is 10.6 Å². The van der Waals surface area contributed by atoms with E-state index < -0.39 is 17.6 Å². The first-order chi connectivity index (χ1) is 9.56. The average Bonchev–Trinajstić information content (AvgIpc) is 2.44. The van der Waals surface area contributed by atoms with Crippen molar-refractivity contribution in [3.05, 3.63) is 58.8 Å². The monoisotopic (exact) mass is 336 g/mol. The van der Waals surface area contributed by atoms with E-state index in [0.717, 1.165) is 4.47 Å². The minimum absolute atomic E-state index is 0.0385. The van der Waals surface area contributed by atoms with E-state index in [2.05, 4.69) is 26.6 Å². The Balaban J connectivity index is 2.01. The van der Waals surface area contributed by atoms with E-state index in [-0.39, 0.29) is 5.69 Å². The molecule has 0 bridgehead atoms. The first-order valence-electron chi connectivity index (χ1n) is 5.68. The zero-order valence-electron chi connectivity index (χ0n) is 10.2. The molecule has 0 spiro atoms. The fourth-order valence-corrected chi connectivity index (χ4v) is 1.73. The third-order valence-corrected chi connectivity index (χ3v) is 2.96. The molecule has 2 aromatic carbocycles. The first kappa shape index (κ1) is 14.2. The molecule has 2 rings (SSSR count). The molecule has 20 heavy (non-hydrogen) atoms. The Hall–Kier alpha value is -2.21. The number of amides is 2. The SMILES string of the molecule is O=C(Nc1ccc(Br)cc1)C(=O)Nc1ccccc1F. The Morgan fingerprint density at radius 2 is 1.50 bits per heavy atom. The number of nitrogens with one attached hydrogen (secondary N) is 2. The summed E-state index contributed by atoms with van der Waals surface area (Å²) in [6.07, 6.45) is 0. The lowest BCUT2D eigenvalue weighted by molar-refractivity contribution is -0.133. The maximum atomic E-state index is 13.3. The van der Waals surface area contributed by atoms with E-state index in [1.54, 1.807) is 30.3 Å². The van der Waals surface area contributed by atoms with Crippen molar-refractivity contribution in [2.45, 2.75) is 0 Å². The number of anilines is 2. The highest BCUT2D eigenvalue weighted by Gasteiger charge is 2.15. The van der Waals surface area contributed by atoms with Gasteiger partial charge in [-0.15, -0.1) is 0 Å². The Morgan fingerprint density at radius 3 is 2.15 bits per heavy atom.